The first kappa shape index (κ1) is 16.0. The van der Waals surface area contributed by atoms with Crippen LogP contribution in [0.25, 0.3) is 10.9 Å². The number of nitrogens with one attached hydrogen (secondary N) is 3. The van der Waals surface area contributed by atoms with E-state index in [-0.39, 0.29) is 5.97 Å². The molecule has 122 valence electrons. The Morgan fingerprint density at radius 2 is 1.79 bits per heavy atom. The van der Waals surface area contributed by atoms with E-state index in [2.05, 4.69) is 15.6 Å². The average molecular weight is 339 g/mol. The molecule has 0 bridgehead atoms. The Kier molecular flexibility index (Phi) is 4.77. The number of thiocarbonyl (C=S) groups is 1. The number of fused-ring (bicyclic) bond motifs is 1. The SMILES string of the molecule is CCOC(=O)c1ccc(NC(=S)Nc2ccc3[nH]ccc3c2)cc1. The highest BCUT2D eigenvalue weighted by Crippen LogP contribution is 2.18. The summed E-state index contributed by atoms with van der Waals surface area (Å²) in [6.45, 7) is 2.14. The molecule has 0 aliphatic rings. The molecule has 3 rings (SSSR count). The third kappa shape index (κ3) is 3.72. The van der Waals surface area contributed by atoms with E-state index in [9.17, 15) is 4.79 Å². The number of esters is 1. The number of aromatic amines is 1. The van der Waals surface area contributed by atoms with Gasteiger partial charge >= 0.3 is 5.97 Å². The van der Waals surface area contributed by atoms with E-state index in [1.165, 1.54) is 0 Å². The molecule has 0 amide bonds. The van der Waals surface area contributed by atoms with Crippen molar-refractivity contribution < 1.29 is 9.53 Å². The first-order chi connectivity index (χ1) is 11.7. The van der Waals surface area contributed by atoms with Gasteiger partial charge in [0.25, 0.3) is 0 Å². The number of hydrogen-bond acceptors (Lipinski definition) is 3. The van der Waals surface area contributed by atoms with Crippen LogP contribution in [0.2, 0.25) is 0 Å². The second-order valence-corrected chi connectivity index (χ2v) is 5.56. The summed E-state index contributed by atoms with van der Waals surface area (Å²) in [6, 6.07) is 15.0. The Bertz CT molecular complexity index is 871. The molecule has 6 heteroatoms. The number of hydrogen-bond donors (Lipinski definition) is 3. The molecule has 0 aliphatic carbocycles. The van der Waals surface area contributed by atoms with Crippen molar-refractivity contribution in [3.05, 3.63) is 60.3 Å². The van der Waals surface area contributed by atoms with Crippen LogP contribution in [0.15, 0.2) is 54.7 Å². The summed E-state index contributed by atoms with van der Waals surface area (Å²) >= 11 is 5.32. The van der Waals surface area contributed by atoms with Gasteiger partial charge in [-0.3, -0.25) is 0 Å². The normalized spacial score (nSPS) is 10.4. The van der Waals surface area contributed by atoms with Crippen molar-refractivity contribution in [2.75, 3.05) is 17.2 Å². The van der Waals surface area contributed by atoms with Crippen LogP contribution in [-0.2, 0) is 4.74 Å². The molecule has 3 aromatic rings. The van der Waals surface area contributed by atoms with Gasteiger partial charge in [0.05, 0.1) is 12.2 Å². The topological polar surface area (TPSA) is 66.2 Å². The zero-order valence-corrected chi connectivity index (χ0v) is 13.9. The fourth-order valence-electron chi connectivity index (χ4n) is 2.33. The largest absolute Gasteiger partial charge is 0.462 e. The highest BCUT2D eigenvalue weighted by Gasteiger charge is 2.06. The number of H-pyrrole nitrogens is 1. The van der Waals surface area contributed by atoms with Gasteiger partial charge in [0, 0.05) is 28.5 Å². The summed E-state index contributed by atoms with van der Waals surface area (Å²) in [7, 11) is 0. The minimum absolute atomic E-state index is 0.329. The number of aromatic nitrogens is 1. The lowest BCUT2D eigenvalue weighted by molar-refractivity contribution is 0.0526. The molecule has 0 radical (unpaired) electrons. The molecule has 5 nitrogen and oxygen atoms in total. The molecule has 1 aromatic heterocycles. The van der Waals surface area contributed by atoms with Crippen molar-refractivity contribution in [1.82, 2.24) is 4.98 Å². The van der Waals surface area contributed by atoms with E-state index in [0.29, 0.717) is 17.3 Å². The van der Waals surface area contributed by atoms with Gasteiger partial charge < -0.3 is 20.4 Å². The standard InChI is InChI=1S/C18H17N3O2S/c1-2-23-17(22)12-3-5-14(6-4-12)20-18(24)21-15-7-8-16-13(11-15)9-10-19-16/h3-11,19H,2H2,1H3,(H2,20,21,24). The van der Waals surface area contributed by atoms with Crippen LogP contribution in [0.1, 0.15) is 17.3 Å². The summed E-state index contributed by atoms with van der Waals surface area (Å²) in [5.41, 5.74) is 3.29. The molecule has 0 aliphatic heterocycles. The number of rotatable bonds is 4. The highest BCUT2D eigenvalue weighted by molar-refractivity contribution is 7.80. The Balaban J connectivity index is 1.62. The lowest BCUT2D eigenvalue weighted by Crippen LogP contribution is -2.19. The minimum Gasteiger partial charge on any atom is -0.462 e. The fourth-order valence-corrected chi connectivity index (χ4v) is 2.56. The maximum atomic E-state index is 11.6. The number of benzene rings is 2. The van der Waals surface area contributed by atoms with Crippen molar-refractivity contribution in [1.29, 1.82) is 0 Å². The number of carbonyl (C=O) groups is 1. The van der Waals surface area contributed by atoms with E-state index in [0.717, 1.165) is 22.3 Å². The lowest BCUT2D eigenvalue weighted by Gasteiger charge is -2.11. The average Bonchev–Trinajstić information content (AvgIpc) is 3.03. The number of anilines is 2. The fraction of sp³-hybridized carbons (Fsp3) is 0.111. The van der Waals surface area contributed by atoms with Gasteiger partial charge in [0.1, 0.15) is 0 Å². The predicted molar refractivity (Wildman–Crippen MR) is 101 cm³/mol. The highest BCUT2D eigenvalue weighted by atomic mass is 32.1. The molecule has 1 heterocycles. The first-order valence-corrected chi connectivity index (χ1v) is 7.99. The quantitative estimate of drug-likeness (QED) is 0.492. The van der Waals surface area contributed by atoms with Crippen molar-refractivity contribution >= 4 is 45.6 Å². The first-order valence-electron chi connectivity index (χ1n) is 7.58. The van der Waals surface area contributed by atoms with Crippen LogP contribution in [-0.4, -0.2) is 22.7 Å². The predicted octanol–water partition coefficient (Wildman–Crippen LogP) is 4.15. The van der Waals surface area contributed by atoms with Crippen LogP contribution < -0.4 is 10.6 Å². The third-order valence-electron chi connectivity index (χ3n) is 3.47. The van der Waals surface area contributed by atoms with Crippen LogP contribution in [0.4, 0.5) is 11.4 Å². The molecule has 2 aromatic carbocycles. The van der Waals surface area contributed by atoms with Crippen LogP contribution in [0.3, 0.4) is 0 Å². The summed E-state index contributed by atoms with van der Waals surface area (Å²) in [5.74, 6) is -0.329. The maximum absolute atomic E-state index is 11.6. The monoisotopic (exact) mass is 339 g/mol. The summed E-state index contributed by atoms with van der Waals surface area (Å²) < 4.78 is 4.96. The van der Waals surface area contributed by atoms with Crippen LogP contribution in [0.5, 0.6) is 0 Å². The minimum atomic E-state index is -0.329. The molecule has 24 heavy (non-hydrogen) atoms. The second kappa shape index (κ2) is 7.14. The summed E-state index contributed by atoms with van der Waals surface area (Å²) in [6.07, 6.45) is 1.90. The summed E-state index contributed by atoms with van der Waals surface area (Å²) in [4.78, 5) is 14.8. The van der Waals surface area contributed by atoms with Gasteiger partial charge in [-0.15, -0.1) is 0 Å². The summed E-state index contributed by atoms with van der Waals surface area (Å²) in [5, 5.41) is 7.83. The van der Waals surface area contributed by atoms with E-state index in [1.807, 2.05) is 30.5 Å². The zero-order valence-electron chi connectivity index (χ0n) is 13.1. The molecule has 3 N–H and O–H groups in total. The van der Waals surface area contributed by atoms with Gasteiger partial charge in [0.2, 0.25) is 0 Å². The molecular weight excluding hydrogens is 322 g/mol. The molecule has 0 unspecified atom stereocenters. The molecular formula is C18H17N3O2S. The number of ether oxygens (including phenoxy) is 1. The zero-order chi connectivity index (χ0) is 16.9. The van der Waals surface area contributed by atoms with Gasteiger partial charge in [-0.1, -0.05) is 0 Å². The molecule has 0 fully saturated rings. The molecule has 0 atom stereocenters. The molecule has 0 saturated carbocycles. The third-order valence-corrected chi connectivity index (χ3v) is 3.67. The van der Waals surface area contributed by atoms with E-state index in [4.69, 9.17) is 17.0 Å². The van der Waals surface area contributed by atoms with Crippen molar-refractivity contribution in [3.63, 3.8) is 0 Å². The Hall–Kier alpha value is -2.86. The Labute approximate surface area is 145 Å². The van der Waals surface area contributed by atoms with Crippen molar-refractivity contribution in [3.8, 4) is 0 Å². The Morgan fingerprint density at radius 3 is 2.54 bits per heavy atom. The van der Waals surface area contributed by atoms with E-state index >= 15 is 0 Å². The lowest BCUT2D eigenvalue weighted by atomic mass is 10.2. The van der Waals surface area contributed by atoms with Crippen molar-refractivity contribution in [2.45, 2.75) is 6.92 Å². The smallest absolute Gasteiger partial charge is 0.338 e. The van der Waals surface area contributed by atoms with Crippen molar-refractivity contribution in [2.24, 2.45) is 0 Å². The van der Waals surface area contributed by atoms with Gasteiger partial charge in [0.15, 0.2) is 5.11 Å². The van der Waals surface area contributed by atoms with Gasteiger partial charge in [-0.2, -0.15) is 0 Å². The van der Waals surface area contributed by atoms with Crippen LogP contribution in [0, 0.1) is 0 Å². The molecule has 0 spiro atoms. The van der Waals surface area contributed by atoms with E-state index < -0.39 is 0 Å². The van der Waals surface area contributed by atoms with Gasteiger partial charge in [-0.25, -0.2) is 4.79 Å². The van der Waals surface area contributed by atoms with Gasteiger partial charge in [-0.05, 0) is 67.7 Å². The molecule has 0 saturated heterocycles. The number of carbonyl (C=O) groups excluding carboxylic acids is 1. The Morgan fingerprint density at radius 1 is 1.08 bits per heavy atom. The van der Waals surface area contributed by atoms with E-state index in [1.54, 1.807) is 31.2 Å². The van der Waals surface area contributed by atoms with Crippen LogP contribution >= 0.6 is 12.2 Å². The maximum Gasteiger partial charge on any atom is 0.338 e. The second-order valence-electron chi connectivity index (χ2n) is 5.16.